The molecule has 0 spiro atoms. The minimum absolute atomic E-state index is 0.0909. The number of amides is 1. The van der Waals surface area contributed by atoms with E-state index in [1.807, 2.05) is 26.8 Å². The fourth-order valence-corrected chi connectivity index (χ4v) is 1.92. The first-order chi connectivity index (χ1) is 12.2. The molecule has 7 nitrogen and oxygen atoms in total. The Morgan fingerprint density at radius 2 is 2.00 bits per heavy atom. The number of nitrogens with one attached hydrogen (secondary N) is 1. The molecule has 7 heteroatoms. The highest BCUT2D eigenvalue weighted by molar-refractivity contribution is 5.90. The van der Waals surface area contributed by atoms with Crippen molar-refractivity contribution in [3.8, 4) is 17.6 Å². The molecule has 1 rings (SSSR count). The van der Waals surface area contributed by atoms with E-state index in [2.05, 4.69) is 5.32 Å². The van der Waals surface area contributed by atoms with Gasteiger partial charge < -0.3 is 19.5 Å². The summed E-state index contributed by atoms with van der Waals surface area (Å²) in [5.74, 6) is -0.125. The third-order valence-corrected chi connectivity index (χ3v) is 3.05. The number of ether oxygens (including phenoxy) is 3. The van der Waals surface area contributed by atoms with Crippen LogP contribution in [0.1, 0.15) is 33.3 Å². The first kappa shape index (κ1) is 21.0. The highest BCUT2D eigenvalue weighted by Gasteiger charge is 2.21. The lowest BCUT2D eigenvalue weighted by molar-refractivity contribution is -0.150. The van der Waals surface area contributed by atoms with Crippen molar-refractivity contribution < 1.29 is 23.8 Å². The third-order valence-electron chi connectivity index (χ3n) is 3.05. The van der Waals surface area contributed by atoms with Gasteiger partial charge in [-0.2, -0.15) is 5.26 Å². The van der Waals surface area contributed by atoms with Crippen LogP contribution in [0.4, 0.5) is 0 Å². The van der Waals surface area contributed by atoms with Crippen LogP contribution in [0, 0.1) is 11.3 Å². The molecule has 0 saturated carbocycles. The van der Waals surface area contributed by atoms with Crippen molar-refractivity contribution >= 4 is 18.0 Å². The van der Waals surface area contributed by atoms with Gasteiger partial charge in [-0.1, -0.05) is 6.07 Å². The van der Waals surface area contributed by atoms with E-state index < -0.39 is 17.6 Å². The summed E-state index contributed by atoms with van der Waals surface area (Å²) in [6.07, 6.45) is 1.86. The Morgan fingerprint density at radius 1 is 1.31 bits per heavy atom. The Hall–Kier alpha value is -3.01. The summed E-state index contributed by atoms with van der Waals surface area (Å²) < 4.78 is 15.5. The third kappa shape index (κ3) is 7.26. The smallest absolute Gasteiger partial charge is 0.331 e. The van der Waals surface area contributed by atoms with Gasteiger partial charge in [-0.25, -0.2) is 4.79 Å². The Kier molecular flexibility index (Phi) is 7.66. The number of benzene rings is 1. The quantitative estimate of drug-likeness (QED) is 0.592. The van der Waals surface area contributed by atoms with Crippen molar-refractivity contribution in [2.24, 2.45) is 0 Å². The molecule has 0 fully saturated rings. The van der Waals surface area contributed by atoms with E-state index in [4.69, 9.17) is 19.5 Å². The SMILES string of the molecule is COc1cc(/C=C/C(=O)OC(C)C(=O)NC(C)(C)C)ccc1OCC#N. The number of esters is 1. The fourth-order valence-electron chi connectivity index (χ4n) is 1.92. The average Bonchev–Trinajstić information content (AvgIpc) is 2.56. The molecule has 0 aliphatic rings. The van der Waals surface area contributed by atoms with E-state index >= 15 is 0 Å². The Labute approximate surface area is 153 Å². The summed E-state index contributed by atoms with van der Waals surface area (Å²) in [4.78, 5) is 23.8. The van der Waals surface area contributed by atoms with Gasteiger partial charge in [0, 0.05) is 11.6 Å². The topological polar surface area (TPSA) is 97.7 Å². The van der Waals surface area contributed by atoms with E-state index in [1.54, 1.807) is 18.2 Å². The number of hydrogen-bond acceptors (Lipinski definition) is 6. The zero-order chi connectivity index (χ0) is 19.7. The lowest BCUT2D eigenvalue weighted by Crippen LogP contribution is -2.46. The molecule has 0 saturated heterocycles. The van der Waals surface area contributed by atoms with E-state index in [1.165, 1.54) is 26.2 Å². The Bertz CT molecular complexity index is 714. The normalized spacial score (nSPS) is 12.2. The van der Waals surface area contributed by atoms with Gasteiger partial charge in [-0.15, -0.1) is 0 Å². The number of hydrogen-bond donors (Lipinski definition) is 1. The van der Waals surface area contributed by atoms with Crippen LogP contribution < -0.4 is 14.8 Å². The summed E-state index contributed by atoms with van der Waals surface area (Å²) in [5, 5.41) is 11.3. The Balaban J connectivity index is 2.70. The molecule has 1 atom stereocenters. The summed E-state index contributed by atoms with van der Waals surface area (Å²) in [6, 6.07) is 6.88. The number of carbonyl (C=O) groups is 2. The standard InChI is InChI=1S/C19H24N2O5/c1-13(18(23)21-19(2,3)4)26-17(22)9-7-14-6-8-15(25-11-10-20)16(12-14)24-5/h6-9,12-13H,11H2,1-5H3,(H,21,23)/b9-7+. The average molecular weight is 360 g/mol. The van der Waals surface area contributed by atoms with Crippen molar-refractivity contribution in [2.75, 3.05) is 13.7 Å². The maximum Gasteiger partial charge on any atom is 0.331 e. The fraction of sp³-hybridized carbons (Fsp3) is 0.421. The van der Waals surface area contributed by atoms with Crippen LogP contribution >= 0.6 is 0 Å². The maximum atomic E-state index is 11.9. The minimum Gasteiger partial charge on any atom is -0.493 e. The second-order valence-electron chi connectivity index (χ2n) is 6.51. The van der Waals surface area contributed by atoms with E-state index in [0.717, 1.165) is 0 Å². The number of methoxy groups -OCH3 is 1. The molecule has 26 heavy (non-hydrogen) atoms. The van der Waals surface area contributed by atoms with Crippen LogP contribution in [0.25, 0.3) is 6.08 Å². The number of nitrogens with zero attached hydrogens (tertiary/aromatic N) is 1. The van der Waals surface area contributed by atoms with Gasteiger partial charge in [0.15, 0.2) is 24.2 Å². The van der Waals surface area contributed by atoms with Crippen molar-refractivity contribution in [3.63, 3.8) is 0 Å². The van der Waals surface area contributed by atoms with E-state index in [0.29, 0.717) is 17.1 Å². The second kappa shape index (κ2) is 9.47. The highest BCUT2D eigenvalue weighted by Crippen LogP contribution is 2.28. The summed E-state index contributed by atoms with van der Waals surface area (Å²) in [6.45, 7) is 6.95. The van der Waals surface area contributed by atoms with Crippen LogP contribution in [0.2, 0.25) is 0 Å². The lowest BCUT2D eigenvalue weighted by Gasteiger charge is -2.22. The van der Waals surface area contributed by atoms with Gasteiger partial charge >= 0.3 is 5.97 Å². The molecule has 0 heterocycles. The van der Waals surface area contributed by atoms with Gasteiger partial charge in [0.05, 0.1) is 7.11 Å². The summed E-state index contributed by atoms with van der Waals surface area (Å²) in [7, 11) is 1.48. The predicted molar refractivity (Wildman–Crippen MR) is 96.6 cm³/mol. The zero-order valence-corrected chi connectivity index (χ0v) is 15.7. The number of carbonyl (C=O) groups excluding carboxylic acids is 2. The van der Waals surface area contributed by atoms with Crippen molar-refractivity contribution in [2.45, 2.75) is 39.3 Å². The molecule has 1 N–H and O–H groups in total. The lowest BCUT2D eigenvalue weighted by atomic mass is 10.1. The van der Waals surface area contributed by atoms with Crippen LogP contribution in [-0.2, 0) is 14.3 Å². The van der Waals surface area contributed by atoms with Gasteiger partial charge in [-0.05, 0) is 51.5 Å². The summed E-state index contributed by atoms with van der Waals surface area (Å²) >= 11 is 0. The van der Waals surface area contributed by atoms with Crippen LogP contribution in [0.3, 0.4) is 0 Å². The van der Waals surface area contributed by atoms with Crippen molar-refractivity contribution in [1.82, 2.24) is 5.32 Å². The van der Waals surface area contributed by atoms with Gasteiger partial charge in [0.1, 0.15) is 6.07 Å². The van der Waals surface area contributed by atoms with E-state index in [9.17, 15) is 9.59 Å². The number of rotatable bonds is 7. The Morgan fingerprint density at radius 3 is 2.58 bits per heavy atom. The molecule has 0 bridgehead atoms. The summed E-state index contributed by atoms with van der Waals surface area (Å²) in [5.41, 5.74) is 0.273. The first-order valence-electron chi connectivity index (χ1n) is 8.05. The number of nitriles is 1. The van der Waals surface area contributed by atoms with Crippen LogP contribution in [0.15, 0.2) is 24.3 Å². The maximum absolute atomic E-state index is 11.9. The van der Waals surface area contributed by atoms with Crippen LogP contribution in [-0.4, -0.2) is 37.2 Å². The molecule has 1 unspecified atom stereocenters. The van der Waals surface area contributed by atoms with Gasteiger partial charge in [0.25, 0.3) is 5.91 Å². The minimum atomic E-state index is -0.900. The molecule has 0 radical (unpaired) electrons. The highest BCUT2D eigenvalue weighted by atomic mass is 16.5. The molecular formula is C19H24N2O5. The predicted octanol–water partition coefficient (Wildman–Crippen LogP) is 2.46. The molecule has 140 valence electrons. The van der Waals surface area contributed by atoms with Crippen molar-refractivity contribution in [3.05, 3.63) is 29.8 Å². The monoisotopic (exact) mass is 360 g/mol. The largest absolute Gasteiger partial charge is 0.493 e. The molecule has 1 aromatic rings. The van der Waals surface area contributed by atoms with Crippen molar-refractivity contribution in [1.29, 1.82) is 5.26 Å². The van der Waals surface area contributed by atoms with Crippen LogP contribution in [0.5, 0.6) is 11.5 Å². The molecule has 0 aromatic heterocycles. The van der Waals surface area contributed by atoms with Gasteiger partial charge in [-0.3, -0.25) is 4.79 Å². The first-order valence-corrected chi connectivity index (χ1v) is 8.05. The van der Waals surface area contributed by atoms with Gasteiger partial charge in [0.2, 0.25) is 0 Å². The molecular weight excluding hydrogens is 336 g/mol. The molecule has 1 amide bonds. The zero-order valence-electron chi connectivity index (χ0n) is 15.7. The second-order valence-corrected chi connectivity index (χ2v) is 6.51. The molecule has 0 aliphatic carbocycles. The molecule has 0 aliphatic heterocycles. The molecule has 1 aromatic carbocycles. The van der Waals surface area contributed by atoms with E-state index in [-0.39, 0.29) is 12.5 Å².